The number of halogens is 1. The van der Waals surface area contributed by atoms with Gasteiger partial charge in [-0.3, -0.25) is 20.4 Å². The first-order valence-corrected chi connectivity index (χ1v) is 12.1. The van der Waals surface area contributed by atoms with Gasteiger partial charge in [0.2, 0.25) is 10.0 Å². The summed E-state index contributed by atoms with van der Waals surface area (Å²) in [5.74, 6) is -1.19. The summed E-state index contributed by atoms with van der Waals surface area (Å²) in [7, 11) is -2.17. The van der Waals surface area contributed by atoms with Crippen molar-refractivity contribution in [1.29, 1.82) is 0 Å². The Hall–Kier alpha value is -3.66. The number of carbonyl (C=O) groups excluding carboxylic acids is 2. The lowest BCUT2D eigenvalue weighted by molar-refractivity contribution is 0.0847. The standard InChI is InChI=1S/C24H21ClN4O4S/c1-29-15-19(18-9-5-6-10-21(18)29)24(31)28-27-23(30)17-11-12-20(25)22(13-17)34(32,33)26-14-16-7-3-2-4-8-16/h2-13,15,26H,14H2,1H3,(H,27,30)(H,28,31). The maximum atomic E-state index is 12.8. The Morgan fingerprint density at radius 3 is 2.35 bits per heavy atom. The Morgan fingerprint density at radius 1 is 0.912 bits per heavy atom. The highest BCUT2D eigenvalue weighted by molar-refractivity contribution is 7.89. The number of aryl methyl sites for hydroxylation is 1. The summed E-state index contributed by atoms with van der Waals surface area (Å²) in [5, 5.41) is 0.706. The van der Waals surface area contributed by atoms with Gasteiger partial charge >= 0.3 is 0 Å². The van der Waals surface area contributed by atoms with Crippen molar-refractivity contribution in [3.8, 4) is 0 Å². The van der Waals surface area contributed by atoms with Crippen LogP contribution in [0.1, 0.15) is 26.3 Å². The fraction of sp³-hybridized carbons (Fsp3) is 0.0833. The van der Waals surface area contributed by atoms with Crippen molar-refractivity contribution >= 4 is 44.3 Å². The van der Waals surface area contributed by atoms with Gasteiger partial charge in [-0.25, -0.2) is 13.1 Å². The first kappa shape index (κ1) is 23.5. The molecule has 3 aromatic carbocycles. The van der Waals surface area contributed by atoms with Gasteiger partial charge in [0.25, 0.3) is 11.8 Å². The molecule has 0 aliphatic heterocycles. The van der Waals surface area contributed by atoms with Crippen molar-refractivity contribution in [3.63, 3.8) is 0 Å². The lowest BCUT2D eigenvalue weighted by atomic mass is 10.2. The molecule has 0 atom stereocenters. The molecule has 2 amide bonds. The number of hydrazine groups is 1. The van der Waals surface area contributed by atoms with Crippen LogP contribution in [-0.4, -0.2) is 24.8 Å². The minimum absolute atomic E-state index is 0.0164. The maximum absolute atomic E-state index is 12.8. The Morgan fingerprint density at radius 2 is 1.59 bits per heavy atom. The van der Waals surface area contributed by atoms with Gasteiger partial charge in [0, 0.05) is 36.3 Å². The monoisotopic (exact) mass is 496 g/mol. The molecule has 0 spiro atoms. The third-order valence-electron chi connectivity index (χ3n) is 5.22. The second-order valence-electron chi connectivity index (χ2n) is 7.53. The van der Waals surface area contributed by atoms with Gasteiger partial charge < -0.3 is 4.57 Å². The Balaban J connectivity index is 1.47. The summed E-state index contributed by atoms with van der Waals surface area (Å²) >= 11 is 6.11. The van der Waals surface area contributed by atoms with Crippen LogP contribution in [0.3, 0.4) is 0 Å². The van der Waals surface area contributed by atoms with Crippen LogP contribution in [0.4, 0.5) is 0 Å². The molecule has 1 aromatic heterocycles. The van der Waals surface area contributed by atoms with Gasteiger partial charge in [-0.15, -0.1) is 0 Å². The number of nitrogens with zero attached hydrogens (tertiary/aromatic N) is 1. The Kier molecular flexibility index (Phi) is 6.69. The number of fused-ring (bicyclic) bond motifs is 1. The largest absolute Gasteiger partial charge is 0.350 e. The Labute approximate surface area is 201 Å². The van der Waals surface area contributed by atoms with Crippen LogP contribution in [0.2, 0.25) is 5.02 Å². The van der Waals surface area contributed by atoms with E-state index in [1.807, 2.05) is 41.9 Å². The molecular weight excluding hydrogens is 476 g/mol. The summed E-state index contributed by atoms with van der Waals surface area (Å²) in [6.45, 7) is 0.0665. The van der Waals surface area contributed by atoms with Crippen LogP contribution >= 0.6 is 11.6 Å². The average molecular weight is 497 g/mol. The molecule has 0 aliphatic rings. The van der Waals surface area contributed by atoms with E-state index in [2.05, 4.69) is 15.6 Å². The van der Waals surface area contributed by atoms with Crippen molar-refractivity contribution in [2.75, 3.05) is 0 Å². The first-order valence-electron chi connectivity index (χ1n) is 10.2. The summed E-state index contributed by atoms with van der Waals surface area (Å²) in [4.78, 5) is 25.0. The van der Waals surface area contributed by atoms with Crippen molar-refractivity contribution in [3.05, 3.63) is 101 Å². The minimum atomic E-state index is -3.99. The van der Waals surface area contributed by atoms with Crippen LogP contribution in [0, 0.1) is 0 Å². The molecule has 0 saturated carbocycles. The lowest BCUT2D eigenvalue weighted by Crippen LogP contribution is -2.41. The topological polar surface area (TPSA) is 109 Å². The molecule has 34 heavy (non-hydrogen) atoms. The van der Waals surface area contributed by atoms with E-state index in [9.17, 15) is 18.0 Å². The summed E-state index contributed by atoms with van der Waals surface area (Å²) in [6.07, 6.45) is 1.66. The minimum Gasteiger partial charge on any atom is -0.350 e. The number of amides is 2. The summed E-state index contributed by atoms with van der Waals surface area (Å²) < 4.78 is 29.8. The normalized spacial score (nSPS) is 11.4. The van der Waals surface area contributed by atoms with Crippen LogP contribution in [0.25, 0.3) is 10.9 Å². The zero-order valence-corrected chi connectivity index (χ0v) is 19.7. The Bertz CT molecular complexity index is 1480. The third kappa shape index (κ3) is 4.96. The highest BCUT2D eigenvalue weighted by Gasteiger charge is 2.21. The summed E-state index contributed by atoms with van der Waals surface area (Å²) in [6, 6.07) is 20.2. The second-order valence-corrected chi connectivity index (χ2v) is 9.68. The third-order valence-corrected chi connectivity index (χ3v) is 7.11. The van der Waals surface area contributed by atoms with Crippen molar-refractivity contribution in [2.24, 2.45) is 7.05 Å². The number of hydrogen-bond donors (Lipinski definition) is 3. The fourth-order valence-corrected chi connectivity index (χ4v) is 5.02. The highest BCUT2D eigenvalue weighted by Crippen LogP contribution is 2.23. The quantitative estimate of drug-likeness (QED) is 0.355. The second kappa shape index (κ2) is 9.68. The molecule has 0 bridgehead atoms. The van der Waals surface area contributed by atoms with E-state index in [-0.39, 0.29) is 22.0 Å². The molecule has 1 heterocycles. The smallest absolute Gasteiger partial charge is 0.271 e. The molecule has 0 fully saturated rings. The molecule has 10 heteroatoms. The number of nitrogens with one attached hydrogen (secondary N) is 3. The van der Waals surface area contributed by atoms with Gasteiger partial charge in [0.15, 0.2) is 0 Å². The molecule has 0 aliphatic carbocycles. The molecule has 0 unspecified atom stereocenters. The zero-order valence-electron chi connectivity index (χ0n) is 18.1. The number of aromatic nitrogens is 1. The molecule has 174 valence electrons. The molecule has 8 nitrogen and oxygen atoms in total. The van der Waals surface area contributed by atoms with E-state index in [4.69, 9.17) is 11.6 Å². The molecular formula is C24H21ClN4O4S. The summed E-state index contributed by atoms with van der Waals surface area (Å²) in [5.41, 5.74) is 6.74. The number of sulfonamides is 1. The fourth-order valence-electron chi connectivity index (χ4n) is 3.48. The van der Waals surface area contributed by atoms with Gasteiger partial charge in [-0.2, -0.15) is 0 Å². The maximum Gasteiger partial charge on any atom is 0.271 e. The predicted octanol–water partition coefficient (Wildman–Crippen LogP) is 3.39. The number of carbonyl (C=O) groups is 2. The molecule has 0 radical (unpaired) electrons. The number of benzene rings is 3. The van der Waals surface area contributed by atoms with Gasteiger partial charge in [-0.1, -0.05) is 60.1 Å². The predicted molar refractivity (Wildman–Crippen MR) is 130 cm³/mol. The first-order chi connectivity index (χ1) is 16.3. The molecule has 4 rings (SSSR count). The van der Waals surface area contributed by atoms with Crippen molar-refractivity contribution in [1.82, 2.24) is 20.1 Å². The van der Waals surface area contributed by atoms with E-state index >= 15 is 0 Å². The van der Waals surface area contributed by atoms with Crippen molar-refractivity contribution in [2.45, 2.75) is 11.4 Å². The van der Waals surface area contributed by atoms with Crippen molar-refractivity contribution < 1.29 is 18.0 Å². The highest BCUT2D eigenvalue weighted by atomic mass is 35.5. The van der Waals surface area contributed by atoms with E-state index in [0.29, 0.717) is 5.56 Å². The number of rotatable bonds is 6. The van der Waals surface area contributed by atoms with Gasteiger partial charge in [0.05, 0.1) is 10.6 Å². The van der Waals surface area contributed by atoms with Crippen LogP contribution in [0.5, 0.6) is 0 Å². The van der Waals surface area contributed by atoms with Crippen LogP contribution in [-0.2, 0) is 23.6 Å². The van der Waals surface area contributed by atoms with Gasteiger partial charge in [0.1, 0.15) is 4.90 Å². The van der Waals surface area contributed by atoms with E-state index in [1.54, 1.807) is 30.5 Å². The molecule has 3 N–H and O–H groups in total. The number of hydrogen-bond acceptors (Lipinski definition) is 4. The lowest BCUT2D eigenvalue weighted by Gasteiger charge is -2.11. The molecule has 0 saturated heterocycles. The SMILES string of the molecule is Cn1cc(C(=O)NNC(=O)c2ccc(Cl)c(S(=O)(=O)NCc3ccccc3)c2)c2ccccc21. The van der Waals surface area contributed by atoms with Crippen LogP contribution < -0.4 is 15.6 Å². The average Bonchev–Trinajstić information content (AvgIpc) is 3.18. The van der Waals surface area contributed by atoms with Gasteiger partial charge in [-0.05, 0) is 29.8 Å². The zero-order chi connectivity index (χ0) is 24.3. The van der Waals surface area contributed by atoms with E-state index < -0.39 is 21.8 Å². The number of para-hydroxylation sites is 1. The molecule has 4 aromatic rings. The van der Waals surface area contributed by atoms with E-state index in [0.717, 1.165) is 22.5 Å². The van der Waals surface area contributed by atoms with Crippen LogP contribution in [0.15, 0.2) is 83.9 Å². The van der Waals surface area contributed by atoms with E-state index in [1.165, 1.54) is 12.1 Å².